The van der Waals surface area contributed by atoms with Crippen LogP contribution in [0.3, 0.4) is 0 Å². The van der Waals surface area contributed by atoms with E-state index < -0.39 is 17.9 Å². The molecule has 7 heteroatoms. The molecule has 2 aromatic carbocycles. The summed E-state index contributed by atoms with van der Waals surface area (Å²) < 4.78 is 5.69. The van der Waals surface area contributed by atoms with Crippen LogP contribution in [-0.2, 0) is 17.8 Å². The van der Waals surface area contributed by atoms with Gasteiger partial charge in [-0.3, -0.25) is 9.78 Å². The summed E-state index contributed by atoms with van der Waals surface area (Å²) in [5, 5.41) is 12.5. The molecule has 0 saturated carbocycles. The second-order valence-corrected chi connectivity index (χ2v) is 6.74. The summed E-state index contributed by atoms with van der Waals surface area (Å²) in [5.41, 5.74) is 1.85. The molecule has 29 heavy (non-hydrogen) atoms. The highest BCUT2D eigenvalue weighted by Crippen LogP contribution is 2.18. The quantitative estimate of drug-likeness (QED) is 0.590. The number of hydrogen-bond donors (Lipinski definition) is 2. The minimum absolute atomic E-state index is 0.0813. The number of ether oxygens (including phenoxy) is 1. The highest BCUT2D eigenvalue weighted by molar-refractivity contribution is 6.31. The standard InChI is InChI=1S/C22H19ClN2O4/c23-19-9-2-1-6-16(19)12-20(22(27)28)25-21(26)17-7-3-8-18(11-17)29-14-15-5-4-10-24-13-15/h1-11,13,20H,12,14H2,(H,25,26)(H,27,28). The van der Waals surface area contributed by atoms with Crippen molar-refractivity contribution in [1.29, 1.82) is 0 Å². The Kier molecular flexibility index (Phi) is 6.81. The second-order valence-electron chi connectivity index (χ2n) is 6.34. The van der Waals surface area contributed by atoms with Gasteiger partial charge in [0.2, 0.25) is 0 Å². The molecule has 1 heterocycles. The molecule has 1 amide bonds. The van der Waals surface area contributed by atoms with Gasteiger partial charge in [-0.25, -0.2) is 4.79 Å². The van der Waals surface area contributed by atoms with Crippen molar-refractivity contribution in [3.63, 3.8) is 0 Å². The van der Waals surface area contributed by atoms with Crippen LogP contribution in [0.2, 0.25) is 5.02 Å². The fraction of sp³-hybridized carbons (Fsp3) is 0.136. The summed E-state index contributed by atoms with van der Waals surface area (Å²) in [6.45, 7) is 0.309. The number of carbonyl (C=O) groups is 2. The molecule has 1 aromatic heterocycles. The maximum Gasteiger partial charge on any atom is 0.326 e. The summed E-state index contributed by atoms with van der Waals surface area (Å²) in [6.07, 6.45) is 3.45. The second kappa shape index (κ2) is 9.71. The van der Waals surface area contributed by atoms with E-state index in [0.29, 0.717) is 28.5 Å². The Balaban J connectivity index is 1.67. The number of benzene rings is 2. The maximum absolute atomic E-state index is 12.6. The predicted octanol–water partition coefficient (Wildman–Crippen LogP) is 3.74. The lowest BCUT2D eigenvalue weighted by Gasteiger charge is -2.16. The number of halogens is 1. The van der Waals surface area contributed by atoms with Crippen LogP contribution in [0.1, 0.15) is 21.5 Å². The van der Waals surface area contributed by atoms with Gasteiger partial charge in [-0.1, -0.05) is 41.9 Å². The normalized spacial score (nSPS) is 11.5. The van der Waals surface area contributed by atoms with Crippen molar-refractivity contribution in [1.82, 2.24) is 10.3 Å². The van der Waals surface area contributed by atoms with Gasteiger partial charge >= 0.3 is 5.97 Å². The lowest BCUT2D eigenvalue weighted by Crippen LogP contribution is -2.42. The zero-order valence-electron chi connectivity index (χ0n) is 15.4. The first-order valence-corrected chi connectivity index (χ1v) is 9.29. The van der Waals surface area contributed by atoms with E-state index in [9.17, 15) is 14.7 Å². The maximum atomic E-state index is 12.6. The molecule has 0 aliphatic heterocycles. The smallest absolute Gasteiger partial charge is 0.326 e. The number of nitrogens with one attached hydrogen (secondary N) is 1. The van der Waals surface area contributed by atoms with Gasteiger partial charge in [0.1, 0.15) is 18.4 Å². The van der Waals surface area contributed by atoms with E-state index in [0.717, 1.165) is 5.56 Å². The monoisotopic (exact) mass is 410 g/mol. The van der Waals surface area contributed by atoms with Gasteiger partial charge in [0, 0.05) is 35.0 Å². The molecule has 1 unspecified atom stereocenters. The molecular weight excluding hydrogens is 392 g/mol. The number of rotatable bonds is 8. The molecule has 0 bridgehead atoms. The first kappa shape index (κ1) is 20.4. The molecule has 148 valence electrons. The molecular formula is C22H19ClN2O4. The van der Waals surface area contributed by atoms with Crippen LogP contribution < -0.4 is 10.1 Å². The number of pyridine rings is 1. The van der Waals surface area contributed by atoms with Crippen LogP contribution in [0.4, 0.5) is 0 Å². The number of aromatic nitrogens is 1. The van der Waals surface area contributed by atoms with E-state index in [2.05, 4.69) is 10.3 Å². The van der Waals surface area contributed by atoms with Crippen LogP contribution >= 0.6 is 11.6 Å². The van der Waals surface area contributed by atoms with E-state index in [-0.39, 0.29) is 6.42 Å². The highest BCUT2D eigenvalue weighted by atomic mass is 35.5. The third-order valence-corrected chi connectivity index (χ3v) is 4.58. The first-order chi connectivity index (χ1) is 14.0. The third kappa shape index (κ3) is 5.80. The molecule has 1 atom stereocenters. The molecule has 6 nitrogen and oxygen atoms in total. The number of hydrogen-bond acceptors (Lipinski definition) is 4. The lowest BCUT2D eigenvalue weighted by atomic mass is 10.1. The Morgan fingerprint density at radius 1 is 1.10 bits per heavy atom. The number of amides is 1. The minimum atomic E-state index is -1.14. The number of nitrogens with zero attached hydrogens (tertiary/aromatic N) is 1. The van der Waals surface area contributed by atoms with Crippen molar-refractivity contribution in [2.24, 2.45) is 0 Å². The van der Waals surface area contributed by atoms with Gasteiger partial charge in [-0.05, 0) is 35.9 Å². The Morgan fingerprint density at radius 3 is 2.66 bits per heavy atom. The SMILES string of the molecule is O=C(NC(Cc1ccccc1Cl)C(=O)O)c1cccc(OCc2cccnc2)c1. The molecule has 0 spiro atoms. The number of carboxylic acid groups (broad SMARTS) is 1. The van der Waals surface area contributed by atoms with Crippen LogP contribution in [0.5, 0.6) is 5.75 Å². The topological polar surface area (TPSA) is 88.5 Å². The van der Waals surface area contributed by atoms with Crippen molar-refractivity contribution in [3.05, 3.63) is 94.8 Å². The largest absolute Gasteiger partial charge is 0.489 e. The van der Waals surface area contributed by atoms with Crippen molar-refractivity contribution in [3.8, 4) is 5.75 Å². The summed E-state index contributed by atoms with van der Waals surface area (Å²) in [5.74, 6) is -1.14. The summed E-state index contributed by atoms with van der Waals surface area (Å²) in [7, 11) is 0. The highest BCUT2D eigenvalue weighted by Gasteiger charge is 2.22. The van der Waals surface area contributed by atoms with E-state index in [4.69, 9.17) is 16.3 Å². The van der Waals surface area contributed by atoms with Crippen LogP contribution in [-0.4, -0.2) is 28.0 Å². The molecule has 2 N–H and O–H groups in total. The Morgan fingerprint density at radius 2 is 1.93 bits per heavy atom. The zero-order chi connectivity index (χ0) is 20.6. The molecule has 0 aliphatic rings. The van der Waals surface area contributed by atoms with Crippen LogP contribution in [0.25, 0.3) is 0 Å². The summed E-state index contributed by atoms with van der Waals surface area (Å²) in [6, 6.07) is 16.1. The number of carboxylic acids is 1. The fourth-order valence-corrected chi connectivity index (χ4v) is 2.92. The average Bonchev–Trinajstić information content (AvgIpc) is 2.74. The Bertz CT molecular complexity index is 995. The van der Waals surface area contributed by atoms with Gasteiger partial charge in [0.25, 0.3) is 5.91 Å². The van der Waals surface area contributed by atoms with Gasteiger partial charge in [-0.2, -0.15) is 0 Å². The first-order valence-electron chi connectivity index (χ1n) is 8.92. The summed E-state index contributed by atoms with van der Waals surface area (Å²) >= 11 is 6.11. The lowest BCUT2D eigenvalue weighted by molar-refractivity contribution is -0.139. The molecule has 0 saturated heterocycles. The Labute approximate surface area is 173 Å². The van der Waals surface area contributed by atoms with Crippen LogP contribution in [0, 0.1) is 0 Å². The average molecular weight is 411 g/mol. The minimum Gasteiger partial charge on any atom is -0.489 e. The third-order valence-electron chi connectivity index (χ3n) is 4.21. The fourth-order valence-electron chi connectivity index (χ4n) is 2.70. The molecule has 0 fully saturated rings. The Hall–Kier alpha value is -3.38. The van der Waals surface area contributed by atoms with Gasteiger partial charge in [-0.15, -0.1) is 0 Å². The van der Waals surface area contributed by atoms with Gasteiger partial charge < -0.3 is 15.2 Å². The van der Waals surface area contributed by atoms with Gasteiger partial charge in [0.05, 0.1) is 0 Å². The van der Waals surface area contributed by atoms with Crippen molar-refractivity contribution in [2.45, 2.75) is 19.1 Å². The molecule has 0 aliphatic carbocycles. The molecule has 3 rings (SSSR count). The van der Waals surface area contributed by atoms with Crippen molar-refractivity contribution < 1.29 is 19.4 Å². The predicted molar refractivity (Wildman–Crippen MR) is 109 cm³/mol. The van der Waals surface area contributed by atoms with E-state index in [1.807, 2.05) is 12.1 Å². The van der Waals surface area contributed by atoms with E-state index in [1.54, 1.807) is 60.9 Å². The molecule has 3 aromatic rings. The van der Waals surface area contributed by atoms with E-state index in [1.165, 1.54) is 0 Å². The van der Waals surface area contributed by atoms with Crippen molar-refractivity contribution in [2.75, 3.05) is 0 Å². The van der Waals surface area contributed by atoms with E-state index >= 15 is 0 Å². The number of carbonyl (C=O) groups excluding carboxylic acids is 1. The molecule has 0 radical (unpaired) electrons. The van der Waals surface area contributed by atoms with Crippen LogP contribution in [0.15, 0.2) is 73.1 Å². The van der Waals surface area contributed by atoms with Crippen molar-refractivity contribution >= 4 is 23.5 Å². The number of aliphatic carboxylic acids is 1. The zero-order valence-corrected chi connectivity index (χ0v) is 16.2. The van der Waals surface area contributed by atoms with Gasteiger partial charge in [0.15, 0.2) is 0 Å². The summed E-state index contributed by atoms with van der Waals surface area (Å²) in [4.78, 5) is 28.2.